The summed E-state index contributed by atoms with van der Waals surface area (Å²) in [5.41, 5.74) is 7.29. The molecule has 3 aliphatic rings. The second-order valence-corrected chi connectivity index (χ2v) is 12.0. The van der Waals surface area contributed by atoms with Gasteiger partial charge in [-0.1, -0.05) is 0 Å². The van der Waals surface area contributed by atoms with Gasteiger partial charge in [0.05, 0.1) is 0 Å². The van der Waals surface area contributed by atoms with Crippen molar-refractivity contribution in [2.75, 3.05) is 0 Å². The predicted octanol–water partition coefficient (Wildman–Crippen LogP) is 4.98. The van der Waals surface area contributed by atoms with Crippen molar-refractivity contribution in [3.8, 4) is 0 Å². The zero-order valence-electron chi connectivity index (χ0n) is 17.7. The van der Waals surface area contributed by atoms with E-state index in [2.05, 4.69) is 35.2 Å². The van der Waals surface area contributed by atoms with E-state index in [-0.39, 0.29) is 37.6 Å². The number of hydrogen-bond donors (Lipinski definition) is 0. The molecular weight excluding hydrogens is 524 g/mol. The van der Waals surface area contributed by atoms with Gasteiger partial charge < -0.3 is 0 Å². The van der Waals surface area contributed by atoms with Crippen LogP contribution in [0.25, 0.3) is 19.8 Å². The van der Waals surface area contributed by atoms with E-state index in [0.717, 1.165) is 30.6 Å². The van der Waals surface area contributed by atoms with Crippen molar-refractivity contribution in [1.29, 1.82) is 0 Å². The van der Waals surface area contributed by atoms with Crippen LogP contribution in [0.5, 0.6) is 0 Å². The number of aromatic nitrogens is 1. The van der Waals surface area contributed by atoms with Crippen LogP contribution in [0.15, 0.2) is 89.7 Å². The summed E-state index contributed by atoms with van der Waals surface area (Å²) >= 11 is -0.379. The number of rotatable bonds is 2. The Morgan fingerprint density at radius 3 is 2.48 bits per heavy atom. The van der Waals surface area contributed by atoms with Crippen LogP contribution in [0, 0.1) is 0 Å². The molecule has 0 bridgehead atoms. The molecule has 3 heterocycles. The number of nitrogens with zero attached hydrogens (tertiary/aromatic N) is 2. The number of para-hydroxylation sites is 1. The summed E-state index contributed by atoms with van der Waals surface area (Å²) in [5.74, 6) is -0.320. The Kier molecular flexibility index (Phi) is 4.15. The fraction of sp³-hybridized carbons (Fsp3) is 0.107. The molecule has 158 valence electrons. The first-order valence-electron chi connectivity index (χ1n) is 11.0. The zero-order chi connectivity index (χ0) is 22.1. The molecule has 2 aromatic heterocycles. The molecule has 4 aromatic rings. The first-order valence-corrected chi connectivity index (χ1v) is 13.3. The summed E-state index contributed by atoms with van der Waals surface area (Å²) in [4.78, 5) is 32.9. The molecule has 0 spiro atoms. The predicted molar refractivity (Wildman–Crippen MR) is 129 cm³/mol. The van der Waals surface area contributed by atoms with E-state index in [1.165, 1.54) is 25.6 Å². The number of hydrogen-bond acceptors (Lipinski definition) is 4. The normalized spacial score (nSPS) is 17.1. The Labute approximate surface area is 200 Å². The molecule has 7 rings (SSSR count). The Bertz CT molecular complexity index is 1600. The van der Waals surface area contributed by atoms with E-state index in [0.29, 0.717) is 11.1 Å². The summed E-state index contributed by atoms with van der Waals surface area (Å²) < 4.78 is 3.05. The van der Waals surface area contributed by atoms with Crippen LogP contribution >= 0.6 is 0 Å². The Morgan fingerprint density at radius 1 is 0.909 bits per heavy atom. The van der Waals surface area contributed by atoms with E-state index in [1.807, 2.05) is 12.1 Å². The molecule has 0 radical (unpaired) electrons. The number of carbonyl (C=O) groups is 2. The van der Waals surface area contributed by atoms with E-state index in [9.17, 15) is 9.59 Å². The van der Waals surface area contributed by atoms with Crippen LogP contribution in [0.1, 0.15) is 36.3 Å². The third-order valence-electron chi connectivity index (χ3n) is 6.74. The molecule has 0 saturated carbocycles. The number of ketones is 2. The molecule has 0 saturated heterocycles. The van der Waals surface area contributed by atoms with Gasteiger partial charge in [0.2, 0.25) is 0 Å². The van der Waals surface area contributed by atoms with E-state index < -0.39 is 0 Å². The van der Waals surface area contributed by atoms with Gasteiger partial charge in [-0.25, -0.2) is 0 Å². The maximum atomic E-state index is 12.7. The quantitative estimate of drug-likeness (QED) is 0.204. The molecule has 1 aliphatic heterocycles. The van der Waals surface area contributed by atoms with Gasteiger partial charge in [-0.15, -0.1) is 0 Å². The molecule has 33 heavy (non-hydrogen) atoms. The number of pyridine rings is 1. The topological polar surface area (TPSA) is 50.3 Å². The Hall–Kier alpha value is -3.26. The molecule has 0 amide bonds. The van der Waals surface area contributed by atoms with Crippen molar-refractivity contribution < 1.29 is 9.59 Å². The summed E-state index contributed by atoms with van der Waals surface area (Å²) in [6.45, 7) is 1.86. The van der Waals surface area contributed by atoms with Gasteiger partial charge in [0.25, 0.3) is 0 Å². The fourth-order valence-electron chi connectivity index (χ4n) is 5.07. The van der Waals surface area contributed by atoms with Crippen LogP contribution < -0.4 is 0 Å². The standard InChI is InChI=1S/C28H18N2O2Te/c31-27-19-6-2-3-7-20(19)28(32)21(27)12-16-9-10-18(11-16)30-14-22-25(15-30)33-24-13-17-5-1-4-8-23(17)29-26(22)24/h1-10,12-13H,11,14-15H2. The molecule has 0 N–H and O–H groups in total. The zero-order valence-corrected chi connectivity index (χ0v) is 20.0. The van der Waals surface area contributed by atoms with Gasteiger partial charge in [0.1, 0.15) is 0 Å². The number of benzene rings is 2. The molecule has 0 fully saturated rings. The summed E-state index contributed by atoms with van der Waals surface area (Å²) in [6.07, 6.45) is 6.73. The average Bonchev–Trinajstić information content (AvgIpc) is 3.58. The average molecular weight is 542 g/mol. The van der Waals surface area contributed by atoms with Crippen LogP contribution in [-0.2, 0) is 13.1 Å². The van der Waals surface area contributed by atoms with E-state index in [1.54, 1.807) is 33.9 Å². The molecule has 5 heteroatoms. The monoisotopic (exact) mass is 544 g/mol. The fourth-order valence-corrected chi connectivity index (χ4v) is 8.55. The number of carbonyl (C=O) groups excluding carboxylic acids is 2. The molecule has 0 unspecified atom stereocenters. The van der Waals surface area contributed by atoms with Gasteiger partial charge in [0.15, 0.2) is 0 Å². The second kappa shape index (κ2) is 7.12. The molecule has 2 aliphatic carbocycles. The van der Waals surface area contributed by atoms with Gasteiger partial charge >= 0.3 is 201 Å². The van der Waals surface area contributed by atoms with Gasteiger partial charge in [-0.3, -0.25) is 0 Å². The van der Waals surface area contributed by atoms with E-state index >= 15 is 0 Å². The summed E-state index contributed by atoms with van der Waals surface area (Å²) in [6, 6.07) is 17.8. The van der Waals surface area contributed by atoms with Crippen molar-refractivity contribution in [3.05, 3.63) is 110 Å². The maximum absolute atomic E-state index is 12.7. The first kappa shape index (κ1) is 19.2. The Balaban J connectivity index is 1.12. The van der Waals surface area contributed by atoms with Gasteiger partial charge in [-0.05, 0) is 0 Å². The SMILES string of the molecule is O=C1C(=CC2=CC=C(N3Cc4[te]c5cc6ccccc6nc5c4C3)C2)C(=O)c2ccccc21. The Morgan fingerprint density at radius 2 is 1.67 bits per heavy atom. The first-order chi connectivity index (χ1) is 16.2. The van der Waals surface area contributed by atoms with Crippen molar-refractivity contribution in [2.24, 2.45) is 0 Å². The minimum absolute atomic E-state index is 0.160. The van der Waals surface area contributed by atoms with Gasteiger partial charge in [-0.2, -0.15) is 0 Å². The van der Waals surface area contributed by atoms with Crippen molar-refractivity contribution in [1.82, 2.24) is 9.88 Å². The van der Waals surface area contributed by atoms with Crippen molar-refractivity contribution in [2.45, 2.75) is 19.5 Å². The van der Waals surface area contributed by atoms with Crippen LogP contribution in [0.2, 0.25) is 0 Å². The summed E-state index contributed by atoms with van der Waals surface area (Å²) in [5, 5.41) is 1.23. The van der Waals surface area contributed by atoms with Crippen LogP contribution in [-0.4, -0.2) is 41.9 Å². The van der Waals surface area contributed by atoms with Crippen molar-refractivity contribution >= 4 is 51.8 Å². The van der Waals surface area contributed by atoms with Gasteiger partial charge in [0, 0.05) is 0 Å². The number of Topliss-reactive ketones (excluding diaryl/α,β-unsaturated/α-hetero) is 2. The third-order valence-corrected chi connectivity index (χ3v) is 10.0. The number of fused-ring (bicyclic) bond motifs is 5. The van der Waals surface area contributed by atoms with Crippen LogP contribution in [0.4, 0.5) is 0 Å². The summed E-state index contributed by atoms with van der Waals surface area (Å²) in [7, 11) is 0. The molecular formula is C28H18N2O2Te. The molecule has 0 atom stereocenters. The second-order valence-electron chi connectivity index (χ2n) is 8.73. The molecule has 4 nitrogen and oxygen atoms in total. The van der Waals surface area contributed by atoms with Crippen LogP contribution in [0.3, 0.4) is 0 Å². The minimum atomic E-state index is -0.379. The van der Waals surface area contributed by atoms with Crippen molar-refractivity contribution in [3.63, 3.8) is 0 Å². The molecule has 2 aromatic carbocycles. The third kappa shape index (κ3) is 2.93. The number of allylic oxidation sites excluding steroid dienone is 5. The van der Waals surface area contributed by atoms with E-state index in [4.69, 9.17) is 4.98 Å².